The van der Waals surface area contributed by atoms with Crippen LogP contribution in [0.3, 0.4) is 0 Å². The van der Waals surface area contributed by atoms with E-state index in [1.807, 2.05) is 30.3 Å². The summed E-state index contributed by atoms with van der Waals surface area (Å²) in [5.41, 5.74) is 9.23. The summed E-state index contributed by atoms with van der Waals surface area (Å²) in [5.74, 6) is -0.130. The van der Waals surface area contributed by atoms with E-state index in [-0.39, 0.29) is 22.6 Å². The third-order valence-corrected chi connectivity index (χ3v) is 6.14. The van der Waals surface area contributed by atoms with Crippen LogP contribution in [0.15, 0.2) is 77.3 Å². The molecule has 0 atom stereocenters. The maximum absolute atomic E-state index is 13.6. The van der Waals surface area contributed by atoms with E-state index in [9.17, 15) is 17.6 Å². The van der Waals surface area contributed by atoms with Crippen LogP contribution in [0.5, 0.6) is 0 Å². The highest BCUT2D eigenvalue weighted by Gasteiger charge is 2.31. The van der Waals surface area contributed by atoms with Crippen molar-refractivity contribution < 1.29 is 22.0 Å². The lowest BCUT2D eigenvalue weighted by Gasteiger charge is -2.14. The number of anilines is 2. The van der Waals surface area contributed by atoms with Gasteiger partial charge in [0.25, 0.3) is 0 Å². The Morgan fingerprint density at radius 1 is 0.947 bits per heavy atom. The third kappa shape index (κ3) is 4.38. The van der Waals surface area contributed by atoms with Crippen molar-refractivity contribution in [3.05, 3.63) is 89.9 Å². The minimum Gasteiger partial charge on any atom is -0.436 e. The molecule has 0 saturated carbocycles. The number of hydrogen-bond donors (Lipinski definition) is 3. The van der Waals surface area contributed by atoms with Gasteiger partial charge in [0.2, 0.25) is 5.89 Å². The molecule has 0 fully saturated rings. The Hall–Kier alpha value is -4.93. The minimum atomic E-state index is -4.56. The van der Waals surface area contributed by atoms with Gasteiger partial charge in [-0.05, 0) is 47.5 Å². The summed E-state index contributed by atoms with van der Waals surface area (Å²) in [4.78, 5) is 8.53. The van der Waals surface area contributed by atoms with E-state index >= 15 is 0 Å². The first-order valence-corrected chi connectivity index (χ1v) is 11.4. The molecule has 0 amide bonds. The minimum absolute atomic E-state index is 0.0454. The second-order valence-electron chi connectivity index (χ2n) is 8.67. The van der Waals surface area contributed by atoms with Gasteiger partial charge in [-0.2, -0.15) is 18.3 Å². The van der Waals surface area contributed by atoms with Crippen molar-refractivity contribution in [3.63, 3.8) is 0 Å². The largest absolute Gasteiger partial charge is 0.436 e. The smallest absolute Gasteiger partial charge is 0.416 e. The Morgan fingerprint density at radius 2 is 1.76 bits per heavy atom. The number of oxazole rings is 1. The summed E-state index contributed by atoms with van der Waals surface area (Å²) in [5, 5.41) is 10.6. The monoisotopic (exact) mass is 518 g/mol. The molecule has 3 aromatic carbocycles. The molecule has 0 aliphatic carbocycles. The van der Waals surface area contributed by atoms with Gasteiger partial charge in [-0.25, -0.2) is 14.4 Å². The number of aromatic nitrogens is 4. The zero-order chi connectivity index (χ0) is 26.4. The van der Waals surface area contributed by atoms with E-state index in [2.05, 4.69) is 25.5 Å². The van der Waals surface area contributed by atoms with E-state index in [4.69, 9.17) is 10.2 Å². The number of benzene rings is 3. The molecule has 190 valence electrons. The van der Waals surface area contributed by atoms with E-state index in [0.717, 1.165) is 34.2 Å². The molecule has 3 heterocycles. The van der Waals surface area contributed by atoms with Gasteiger partial charge in [-0.15, -0.1) is 0 Å². The van der Waals surface area contributed by atoms with Gasteiger partial charge in [0.15, 0.2) is 11.2 Å². The number of nitrogens with zero attached hydrogens (tertiary/aromatic N) is 3. The molecule has 4 N–H and O–H groups in total. The maximum Gasteiger partial charge on any atom is 0.416 e. The molecule has 0 aliphatic heterocycles. The third-order valence-electron chi connectivity index (χ3n) is 6.14. The highest BCUT2D eigenvalue weighted by molar-refractivity contribution is 5.89. The molecule has 38 heavy (non-hydrogen) atoms. The molecule has 6 rings (SSSR count). The maximum atomic E-state index is 13.6. The summed E-state index contributed by atoms with van der Waals surface area (Å²) in [6.45, 7) is 0.319. The zero-order valence-electron chi connectivity index (χ0n) is 19.5. The predicted molar refractivity (Wildman–Crippen MR) is 135 cm³/mol. The summed E-state index contributed by atoms with van der Waals surface area (Å²) < 4.78 is 59.6. The Morgan fingerprint density at radius 3 is 2.55 bits per heavy atom. The molecule has 0 aliphatic rings. The molecule has 0 unspecified atom stereocenters. The highest BCUT2D eigenvalue weighted by atomic mass is 19.4. The number of nitrogens with two attached hydrogens (primary N) is 1. The normalized spacial score (nSPS) is 11.9. The Balaban J connectivity index is 1.28. The molecular formula is C27H18F4N6O. The number of nitrogen functional groups attached to an aromatic ring is 1. The molecule has 3 aromatic heterocycles. The molecule has 6 aromatic rings. The number of halogens is 4. The topological polar surface area (TPSA) is 106 Å². The Bertz CT molecular complexity index is 1790. The zero-order valence-corrected chi connectivity index (χ0v) is 19.5. The number of aromatic amines is 1. The predicted octanol–water partition coefficient (Wildman–Crippen LogP) is 6.79. The number of alkyl halides is 3. The number of fused-ring (bicyclic) bond motifs is 2. The van der Waals surface area contributed by atoms with Crippen LogP contribution in [0.1, 0.15) is 11.1 Å². The van der Waals surface area contributed by atoms with Crippen LogP contribution in [0.2, 0.25) is 0 Å². The molecular weight excluding hydrogens is 500 g/mol. The fraction of sp³-hybridized carbons (Fsp3) is 0.0741. The second-order valence-corrected chi connectivity index (χ2v) is 8.67. The number of rotatable bonds is 5. The van der Waals surface area contributed by atoms with Crippen molar-refractivity contribution in [3.8, 4) is 22.6 Å². The van der Waals surface area contributed by atoms with Crippen LogP contribution >= 0.6 is 0 Å². The van der Waals surface area contributed by atoms with Gasteiger partial charge in [0, 0.05) is 30.1 Å². The first kappa shape index (κ1) is 23.5. The van der Waals surface area contributed by atoms with Gasteiger partial charge in [-0.3, -0.25) is 5.10 Å². The molecule has 7 nitrogen and oxygen atoms in total. The van der Waals surface area contributed by atoms with E-state index in [0.29, 0.717) is 23.7 Å². The van der Waals surface area contributed by atoms with Gasteiger partial charge >= 0.3 is 6.18 Å². The average molecular weight is 518 g/mol. The summed E-state index contributed by atoms with van der Waals surface area (Å²) in [6.07, 6.45) is -2.85. The summed E-state index contributed by atoms with van der Waals surface area (Å²) in [7, 11) is 0. The van der Waals surface area contributed by atoms with Crippen LogP contribution in [-0.2, 0) is 12.7 Å². The molecule has 11 heteroatoms. The van der Waals surface area contributed by atoms with Gasteiger partial charge in [0.1, 0.15) is 17.2 Å². The lowest BCUT2D eigenvalue weighted by molar-refractivity contribution is -0.137. The van der Waals surface area contributed by atoms with E-state index in [1.165, 1.54) is 24.3 Å². The highest BCUT2D eigenvalue weighted by Crippen LogP contribution is 2.37. The van der Waals surface area contributed by atoms with E-state index < -0.39 is 17.6 Å². The Kier molecular flexibility index (Phi) is 5.48. The van der Waals surface area contributed by atoms with Crippen molar-refractivity contribution in [1.29, 1.82) is 0 Å². The summed E-state index contributed by atoms with van der Waals surface area (Å²) >= 11 is 0. The lowest BCUT2D eigenvalue weighted by atomic mass is 10.0. The Labute approximate surface area is 212 Å². The first-order chi connectivity index (χ1) is 18.2. The van der Waals surface area contributed by atoms with Crippen molar-refractivity contribution >= 4 is 33.6 Å². The van der Waals surface area contributed by atoms with Crippen LogP contribution in [0.4, 0.5) is 29.1 Å². The first-order valence-electron chi connectivity index (χ1n) is 11.4. The quantitative estimate of drug-likeness (QED) is 0.217. The van der Waals surface area contributed by atoms with Gasteiger partial charge < -0.3 is 15.5 Å². The van der Waals surface area contributed by atoms with Crippen LogP contribution in [0.25, 0.3) is 44.7 Å². The van der Waals surface area contributed by atoms with Crippen molar-refractivity contribution in [2.75, 3.05) is 11.1 Å². The lowest BCUT2D eigenvalue weighted by Crippen LogP contribution is -2.07. The summed E-state index contributed by atoms with van der Waals surface area (Å²) in [6, 6.07) is 16.6. The van der Waals surface area contributed by atoms with Crippen molar-refractivity contribution in [1.82, 2.24) is 20.2 Å². The number of H-pyrrole nitrogens is 1. The molecule has 0 spiro atoms. The van der Waals surface area contributed by atoms with E-state index in [1.54, 1.807) is 6.20 Å². The molecule has 0 bridgehead atoms. The number of hydrogen-bond acceptors (Lipinski definition) is 6. The van der Waals surface area contributed by atoms with Gasteiger partial charge in [0.05, 0.1) is 16.5 Å². The number of nitrogens with one attached hydrogen (secondary N) is 2. The molecule has 0 radical (unpaired) electrons. The van der Waals surface area contributed by atoms with Crippen molar-refractivity contribution in [2.45, 2.75) is 12.7 Å². The second kappa shape index (κ2) is 8.87. The molecule has 0 saturated heterocycles. The number of pyridine rings is 1. The fourth-order valence-electron chi connectivity index (χ4n) is 4.16. The fourth-order valence-corrected chi connectivity index (χ4v) is 4.16. The van der Waals surface area contributed by atoms with Crippen LogP contribution in [0, 0.1) is 5.82 Å². The van der Waals surface area contributed by atoms with Gasteiger partial charge in [-0.1, -0.05) is 24.3 Å². The average Bonchev–Trinajstić information content (AvgIpc) is 3.50. The van der Waals surface area contributed by atoms with Crippen molar-refractivity contribution in [2.24, 2.45) is 0 Å². The van der Waals surface area contributed by atoms with Crippen LogP contribution in [-0.4, -0.2) is 20.2 Å². The van der Waals surface area contributed by atoms with Crippen LogP contribution < -0.4 is 11.1 Å². The SMILES string of the molecule is Nc1[nH]nc2ncc(-c3ccc(CNc4ccc(C(F)(F)F)cc4-c4nc5cc(F)ccc5o4)cc3)cc12. The standard InChI is InChI=1S/C27H18F4N6O/c28-18-6-8-23-22(11-18)35-26(38-23)19-10-17(27(29,30)31)5-7-21(19)33-12-14-1-3-15(4-2-14)16-9-20-24(32)36-37-25(20)34-13-16/h1-11,13,33H,12H2,(H3,32,34,36,37).